The van der Waals surface area contributed by atoms with Gasteiger partial charge in [-0.15, -0.1) is 0 Å². The van der Waals surface area contributed by atoms with Crippen LogP contribution >= 0.6 is 15.9 Å². The third kappa shape index (κ3) is 2.48. The Morgan fingerprint density at radius 2 is 2.42 bits per heavy atom. The average molecular weight is 231 g/mol. The second kappa shape index (κ2) is 4.45. The van der Waals surface area contributed by atoms with Crippen LogP contribution in [0.4, 0.5) is 0 Å². The van der Waals surface area contributed by atoms with Gasteiger partial charge in [0, 0.05) is 12.8 Å². The van der Waals surface area contributed by atoms with Crippen molar-refractivity contribution in [2.24, 2.45) is 0 Å². The lowest BCUT2D eigenvalue weighted by Crippen LogP contribution is -1.85. The average Bonchev–Trinajstić information content (AvgIpc) is 2.31. The Bertz CT molecular complexity index is 265. The molecule has 0 N–H and O–H groups in total. The molecule has 0 aliphatic carbocycles. The van der Waals surface area contributed by atoms with Crippen LogP contribution in [0.15, 0.2) is 15.2 Å². The van der Waals surface area contributed by atoms with E-state index in [1.54, 1.807) is 0 Å². The second-order valence-electron chi connectivity index (χ2n) is 2.72. The summed E-state index contributed by atoms with van der Waals surface area (Å²) in [7, 11) is 0. The van der Waals surface area contributed by atoms with Crippen molar-refractivity contribution < 1.29 is 9.21 Å². The van der Waals surface area contributed by atoms with E-state index >= 15 is 0 Å². The van der Waals surface area contributed by atoms with Crippen molar-refractivity contribution in [3.8, 4) is 0 Å². The maximum absolute atomic E-state index is 10.0. The van der Waals surface area contributed by atoms with Gasteiger partial charge >= 0.3 is 0 Å². The molecule has 0 saturated heterocycles. The van der Waals surface area contributed by atoms with Crippen molar-refractivity contribution in [3.63, 3.8) is 0 Å². The van der Waals surface area contributed by atoms with E-state index in [0.29, 0.717) is 6.42 Å². The number of carbonyl (C=O) groups is 1. The Balaban J connectivity index is 2.50. The van der Waals surface area contributed by atoms with Gasteiger partial charge in [0.25, 0.3) is 0 Å². The maximum Gasteiger partial charge on any atom is 0.169 e. The zero-order valence-electron chi connectivity index (χ0n) is 6.97. The van der Waals surface area contributed by atoms with Crippen LogP contribution in [-0.4, -0.2) is 6.29 Å². The highest BCUT2D eigenvalue weighted by atomic mass is 79.9. The van der Waals surface area contributed by atoms with Crippen molar-refractivity contribution >= 4 is 22.2 Å². The third-order valence-electron chi connectivity index (χ3n) is 1.72. The van der Waals surface area contributed by atoms with Gasteiger partial charge in [0.2, 0.25) is 0 Å². The molecule has 1 aromatic heterocycles. The van der Waals surface area contributed by atoms with Crippen LogP contribution in [0, 0.1) is 6.92 Å². The van der Waals surface area contributed by atoms with Gasteiger partial charge in [-0.3, -0.25) is 0 Å². The number of furan rings is 1. The summed E-state index contributed by atoms with van der Waals surface area (Å²) in [4.78, 5) is 10.0. The fourth-order valence-electron chi connectivity index (χ4n) is 1.07. The summed E-state index contributed by atoms with van der Waals surface area (Å²) < 4.78 is 6.13. The van der Waals surface area contributed by atoms with E-state index in [4.69, 9.17) is 4.42 Å². The summed E-state index contributed by atoms with van der Waals surface area (Å²) in [5.41, 5.74) is 1.15. The molecule has 12 heavy (non-hydrogen) atoms. The van der Waals surface area contributed by atoms with Crippen molar-refractivity contribution in [1.82, 2.24) is 0 Å². The number of hydrogen-bond acceptors (Lipinski definition) is 2. The van der Waals surface area contributed by atoms with E-state index in [0.717, 1.165) is 35.1 Å². The predicted octanol–water partition coefficient (Wildman–Crippen LogP) is 2.87. The SMILES string of the molecule is Cc1cc(Br)oc1CCCC=O. The molecular weight excluding hydrogens is 220 g/mol. The number of aldehydes is 1. The molecule has 66 valence electrons. The van der Waals surface area contributed by atoms with Gasteiger partial charge in [-0.1, -0.05) is 0 Å². The molecule has 3 heteroatoms. The molecule has 1 rings (SSSR count). The molecule has 0 saturated carbocycles. The number of hydrogen-bond donors (Lipinski definition) is 0. The minimum Gasteiger partial charge on any atom is -0.454 e. The number of unbranched alkanes of at least 4 members (excludes halogenated alkanes) is 1. The molecule has 1 aromatic rings. The van der Waals surface area contributed by atoms with Crippen LogP contribution in [0.5, 0.6) is 0 Å². The Morgan fingerprint density at radius 1 is 1.67 bits per heavy atom. The van der Waals surface area contributed by atoms with Crippen LogP contribution < -0.4 is 0 Å². The molecule has 0 unspecified atom stereocenters. The molecule has 0 amide bonds. The summed E-state index contributed by atoms with van der Waals surface area (Å²) in [5, 5.41) is 0. The van der Waals surface area contributed by atoms with Gasteiger partial charge in [-0.05, 0) is 40.9 Å². The molecule has 0 aliphatic rings. The quantitative estimate of drug-likeness (QED) is 0.589. The summed E-state index contributed by atoms with van der Waals surface area (Å²) >= 11 is 3.26. The largest absolute Gasteiger partial charge is 0.454 e. The monoisotopic (exact) mass is 230 g/mol. The summed E-state index contributed by atoms with van der Waals surface area (Å²) in [6.07, 6.45) is 3.26. The zero-order valence-corrected chi connectivity index (χ0v) is 8.56. The molecule has 0 radical (unpaired) electrons. The van der Waals surface area contributed by atoms with Crippen molar-refractivity contribution in [1.29, 1.82) is 0 Å². The molecule has 0 bridgehead atoms. The van der Waals surface area contributed by atoms with Crippen LogP contribution in [0.3, 0.4) is 0 Å². The lowest BCUT2D eigenvalue weighted by molar-refractivity contribution is -0.107. The van der Waals surface area contributed by atoms with E-state index in [1.165, 1.54) is 0 Å². The maximum atomic E-state index is 10.0. The standard InChI is InChI=1S/C9H11BrO2/c1-7-6-9(10)12-8(7)4-2-3-5-11/h5-6H,2-4H2,1H3. The highest BCUT2D eigenvalue weighted by Gasteiger charge is 2.04. The highest BCUT2D eigenvalue weighted by Crippen LogP contribution is 2.20. The third-order valence-corrected chi connectivity index (χ3v) is 2.11. The summed E-state index contributed by atoms with van der Waals surface area (Å²) in [6.45, 7) is 2.00. The molecule has 0 atom stereocenters. The minimum atomic E-state index is 0.609. The van der Waals surface area contributed by atoms with Crippen LogP contribution in [0.1, 0.15) is 24.2 Å². The van der Waals surface area contributed by atoms with Gasteiger partial charge in [0.1, 0.15) is 12.0 Å². The fourth-order valence-corrected chi connectivity index (χ4v) is 1.61. The lowest BCUT2D eigenvalue weighted by Gasteiger charge is -1.94. The molecular formula is C9H11BrO2. The molecule has 1 heterocycles. The molecule has 0 aliphatic heterocycles. The minimum absolute atomic E-state index is 0.609. The van der Waals surface area contributed by atoms with Gasteiger partial charge in [0.15, 0.2) is 4.67 Å². The van der Waals surface area contributed by atoms with Crippen LogP contribution in [0.25, 0.3) is 0 Å². The molecule has 2 nitrogen and oxygen atoms in total. The van der Waals surface area contributed by atoms with Gasteiger partial charge < -0.3 is 9.21 Å². The number of carbonyl (C=O) groups excluding carboxylic acids is 1. The van der Waals surface area contributed by atoms with Crippen molar-refractivity contribution in [2.45, 2.75) is 26.2 Å². The van der Waals surface area contributed by atoms with E-state index in [1.807, 2.05) is 13.0 Å². The van der Waals surface area contributed by atoms with Crippen LogP contribution in [-0.2, 0) is 11.2 Å². The van der Waals surface area contributed by atoms with E-state index in [2.05, 4.69) is 15.9 Å². The van der Waals surface area contributed by atoms with E-state index < -0.39 is 0 Å². The summed E-state index contributed by atoms with van der Waals surface area (Å²) in [6, 6.07) is 1.94. The Hall–Kier alpha value is -0.570. The lowest BCUT2D eigenvalue weighted by atomic mass is 10.1. The predicted molar refractivity (Wildman–Crippen MR) is 50.1 cm³/mol. The number of aryl methyl sites for hydroxylation is 2. The van der Waals surface area contributed by atoms with Crippen LogP contribution in [0.2, 0.25) is 0 Å². The normalized spacial score (nSPS) is 10.2. The fraction of sp³-hybridized carbons (Fsp3) is 0.444. The zero-order chi connectivity index (χ0) is 8.97. The van der Waals surface area contributed by atoms with Crippen molar-refractivity contribution in [3.05, 3.63) is 22.1 Å². The Labute approximate surface area is 80.1 Å². The first-order chi connectivity index (χ1) is 5.74. The van der Waals surface area contributed by atoms with Crippen molar-refractivity contribution in [2.75, 3.05) is 0 Å². The topological polar surface area (TPSA) is 30.2 Å². The Morgan fingerprint density at radius 3 is 2.92 bits per heavy atom. The van der Waals surface area contributed by atoms with E-state index in [9.17, 15) is 4.79 Å². The molecule has 0 spiro atoms. The highest BCUT2D eigenvalue weighted by molar-refractivity contribution is 9.10. The number of halogens is 1. The summed E-state index contributed by atoms with van der Waals surface area (Å²) in [5.74, 6) is 0.976. The molecule has 0 aromatic carbocycles. The first-order valence-electron chi connectivity index (χ1n) is 3.92. The van der Waals surface area contributed by atoms with Gasteiger partial charge in [0.05, 0.1) is 0 Å². The van der Waals surface area contributed by atoms with Gasteiger partial charge in [-0.2, -0.15) is 0 Å². The molecule has 0 fully saturated rings. The van der Waals surface area contributed by atoms with E-state index in [-0.39, 0.29) is 0 Å². The Kier molecular flexibility index (Phi) is 3.53. The first kappa shape index (κ1) is 9.52. The second-order valence-corrected chi connectivity index (χ2v) is 3.50. The van der Waals surface area contributed by atoms with Gasteiger partial charge in [-0.25, -0.2) is 0 Å². The number of rotatable bonds is 4. The smallest absolute Gasteiger partial charge is 0.169 e. The first-order valence-corrected chi connectivity index (χ1v) is 4.72.